The molecular formula is C30H29FN6O3. The van der Waals surface area contributed by atoms with Crippen LogP contribution in [0.25, 0.3) is 44.9 Å². The minimum absolute atomic E-state index is 0.197. The van der Waals surface area contributed by atoms with E-state index in [0.717, 1.165) is 22.1 Å². The third-order valence-corrected chi connectivity index (χ3v) is 6.82. The predicted molar refractivity (Wildman–Crippen MR) is 148 cm³/mol. The smallest absolute Gasteiger partial charge is 0.411 e. The number of benzene rings is 2. The minimum Gasteiger partial charge on any atom is -0.444 e. The number of rotatable bonds is 4. The highest BCUT2D eigenvalue weighted by atomic mass is 19.1. The zero-order valence-corrected chi connectivity index (χ0v) is 22.4. The first-order valence-corrected chi connectivity index (χ1v) is 13.1. The van der Waals surface area contributed by atoms with E-state index in [-0.39, 0.29) is 11.9 Å². The molecule has 1 aliphatic rings. The molecule has 2 aromatic carbocycles. The third kappa shape index (κ3) is 4.93. The summed E-state index contributed by atoms with van der Waals surface area (Å²) in [4.78, 5) is 23.3. The fourth-order valence-electron chi connectivity index (χ4n) is 4.95. The lowest BCUT2D eigenvalue weighted by atomic mass is 10.0. The second kappa shape index (κ2) is 9.87. The Bertz CT molecular complexity index is 1670. The molecule has 40 heavy (non-hydrogen) atoms. The largest absolute Gasteiger partial charge is 0.444 e. The van der Waals surface area contributed by atoms with Crippen molar-refractivity contribution >= 4 is 17.2 Å². The van der Waals surface area contributed by atoms with Crippen LogP contribution >= 0.6 is 0 Å². The number of likely N-dealkylation sites (tertiary alicyclic amines) is 1. The first kappa shape index (κ1) is 25.7. The van der Waals surface area contributed by atoms with E-state index in [1.165, 1.54) is 23.4 Å². The number of carbonyl (C=O) groups excluding carboxylic acids is 1. The van der Waals surface area contributed by atoms with E-state index >= 15 is 0 Å². The van der Waals surface area contributed by atoms with Gasteiger partial charge in [0.1, 0.15) is 29.2 Å². The van der Waals surface area contributed by atoms with Crippen LogP contribution in [0.5, 0.6) is 0 Å². The Hall–Kier alpha value is -4.57. The van der Waals surface area contributed by atoms with Crippen LogP contribution in [0, 0.1) is 5.82 Å². The predicted octanol–water partition coefficient (Wildman–Crippen LogP) is 6.03. The van der Waals surface area contributed by atoms with Gasteiger partial charge < -0.3 is 14.9 Å². The number of ether oxygens (including phenoxy) is 1. The van der Waals surface area contributed by atoms with E-state index in [9.17, 15) is 9.18 Å². The average molecular weight is 541 g/mol. The third-order valence-electron chi connectivity index (χ3n) is 6.82. The normalized spacial score (nSPS) is 17.5. The van der Waals surface area contributed by atoms with Gasteiger partial charge >= 0.3 is 6.09 Å². The molecule has 204 valence electrons. The van der Waals surface area contributed by atoms with Crippen molar-refractivity contribution in [3.63, 3.8) is 0 Å². The Balaban J connectivity index is 1.43. The van der Waals surface area contributed by atoms with Gasteiger partial charge in [0.2, 0.25) is 5.71 Å². The van der Waals surface area contributed by atoms with Crippen LogP contribution in [0.3, 0.4) is 0 Å². The number of halogens is 1. The van der Waals surface area contributed by atoms with E-state index in [1.807, 2.05) is 68.0 Å². The van der Waals surface area contributed by atoms with Crippen molar-refractivity contribution in [1.29, 1.82) is 0 Å². The zero-order valence-electron chi connectivity index (χ0n) is 22.4. The van der Waals surface area contributed by atoms with Crippen LogP contribution in [0.1, 0.15) is 33.2 Å². The molecule has 6 rings (SSSR count). The van der Waals surface area contributed by atoms with Crippen molar-refractivity contribution in [2.24, 2.45) is 5.73 Å². The summed E-state index contributed by atoms with van der Waals surface area (Å²) in [5.74, 6) is 0.328. The van der Waals surface area contributed by atoms with Crippen LogP contribution in [0.4, 0.5) is 9.18 Å². The van der Waals surface area contributed by atoms with Gasteiger partial charge in [-0.2, -0.15) is 5.10 Å². The second-order valence-corrected chi connectivity index (χ2v) is 10.9. The first-order valence-electron chi connectivity index (χ1n) is 13.1. The molecule has 0 bridgehead atoms. The Labute approximate surface area is 230 Å². The number of aromatic nitrogens is 4. The number of nitrogens with zero attached hydrogens (tertiary/aromatic N) is 5. The standard InChI is InChI=1S/C30H29FN6O3/c1-30(2,3)40-29(38)36-15-21(13-25(36)32)37-16-23(26(35-37)19-9-11-20(31)12-10-19)27-22-14-24(18-7-5-4-6-8-18)39-28(22)34-17-33-27/h4-12,14,16-17,21,25H,13,15,32H2,1-3H3/t21-,25-/m0/s1. The number of furan rings is 1. The maximum absolute atomic E-state index is 13.8. The number of hydrogen-bond acceptors (Lipinski definition) is 7. The van der Waals surface area contributed by atoms with Gasteiger partial charge in [-0.1, -0.05) is 30.3 Å². The van der Waals surface area contributed by atoms with Crippen molar-refractivity contribution in [2.45, 2.75) is 45.0 Å². The monoisotopic (exact) mass is 540 g/mol. The fraction of sp³-hybridized carbons (Fsp3) is 0.267. The van der Waals surface area contributed by atoms with Crippen LogP contribution in [-0.2, 0) is 4.74 Å². The van der Waals surface area contributed by atoms with Crippen molar-refractivity contribution in [3.8, 4) is 33.8 Å². The summed E-state index contributed by atoms with van der Waals surface area (Å²) in [5, 5.41) is 5.64. The number of hydrogen-bond donors (Lipinski definition) is 1. The molecule has 9 nitrogen and oxygen atoms in total. The van der Waals surface area contributed by atoms with Crippen molar-refractivity contribution < 1.29 is 18.3 Å². The molecule has 2 N–H and O–H groups in total. The highest BCUT2D eigenvalue weighted by Gasteiger charge is 2.37. The van der Waals surface area contributed by atoms with Crippen LogP contribution in [-0.4, -0.2) is 49.1 Å². The molecule has 1 amide bonds. The summed E-state index contributed by atoms with van der Waals surface area (Å²) < 4.78 is 27.2. The topological polar surface area (TPSA) is 112 Å². The fourth-order valence-corrected chi connectivity index (χ4v) is 4.95. The van der Waals surface area contributed by atoms with Gasteiger partial charge in [0.15, 0.2) is 0 Å². The van der Waals surface area contributed by atoms with Crippen molar-refractivity contribution in [2.75, 3.05) is 6.54 Å². The molecular weight excluding hydrogens is 511 g/mol. The molecule has 1 fully saturated rings. The van der Waals surface area contributed by atoms with Gasteiger partial charge in [-0.25, -0.2) is 19.2 Å². The molecule has 0 spiro atoms. The molecule has 0 saturated carbocycles. The van der Waals surface area contributed by atoms with E-state index < -0.39 is 17.9 Å². The van der Waals surface area contributed by atoms with E-state index in [2.05, 4.69) is 9.97 Å². The number of fused-ring (bicyclic) bond motifs is 1. The molecule has 10 heteroatoms. The summed E-state index contributed by atoms with van der Waals surface area (Å²) in [6.45, 7) is 5.80. The molecule has 0 unspecified atom stereocenters. The SMILES string of the molecule is CC(C)(C)OC(=O)N1C[C@@H](n2cc(-c3ncnc4oc(-c5ccccc5)cc34)c(-c3ccc(F)cc3)n2)C[C@H]1N. The molecule has 5 aromatic rings. The maximum Gasteiger partial charge on any atom is 0.411 e. The minimum atomic E-state index is -0.634. The summed E-state index contributed by atoms with van der Waals surface area (Å²) in [7, 11) is 0. The highest BCUT2D eigenvalue weighted by Crippen LogP contribution is 2.38. The Morgan fingerprint density at radius 1 is 1.05 bits per heavy atom. The maximum atomic E-state index is 13.8. The summed E-state index contributed by atoms with van der Waals surface area (Å²) in [6, 6.07) is 17.6. The highest BCUT2D eigenvalue weighted by molar-refractivity contribution is 5.95. The van der Waals surface area contributed by atoms with Gasteiger partial charge in [-0.3, -0.25) is 9.58 Å². The summed E-state index contributed by atoms with van der Waals surface area (Å²) in [5.41, 5.74) is 9.78. The molecule has 4 heterocycles. The molecule has 1 saturated heterocycles. The van der Waals surface area contributed by atoms with Gasteiger partial charge in [0, 0.05) is 35.9 Å². The summed E-state index contributed by atoms with van der Waals surface area (Å²) >= 11 is 0. The lowest BCUT2D eigenvalue weighted by Crippen LogP contribution is -2.43. The molecule has 1 aliphatic heterocycles. The van der Waals surface area contributed by atoms with Gasteiger partial charge in [0.25, 0.3) is 0 Å². The van der Waals surface area contributed by atoms with Crippen molar-refractivity contribution in [3.05, 3.63) is 79.0 Å². The molecule has 0 radical (unpaired) electrons. The number of amides is 1. The number of nitrogens with two attached hydrogens (primary N) is 1. The van der Waals surface area contributed by atoms with E-state index in [0.29, 0.717) is 35.8 Å². The summed E-state index contributed by atoms with van der Waals surface area (Å²) in [6.07, 6.45) is 2.86. The van der Waals surface area contributed by atoms with Crippen molar-refractivity contribution in [1.82, 2.24) is 24.6 Å². The first-order chi connectivity index (χ1) is 19.2. The molecule has 3 aromatic heterocycles. The molecule has 0 aliphatic carbocycles. The van der Waals surface area contributed by atoms with Crippen LogP contribution < -0.4 is 5.73 Å². The Morgan fingerprint density at radius 2 is 1.80 bits per heavy atom. The lowest BCUT2D eigenvalue weighted by molar-refractivity contribution is 0.0226. The van der Waals surface area contributed by atoms with Gasteiger partial charge in [-0.05, 0) is 51.1 Å². The van der Waals surface area contributed by atoms with Gasteiger partial charge in [0.05, 0.1) is 23.3 Å². The average Bonchev–Trinajstić information content (AvgIpc) is 3.65. The quantitative estimate of drug-likeness (QED) is 0.296. The van der Waals surface area contributed by atoms with Gasteiger partial charge in [-0.15, -0.1) is 0 Å². The van der Waals surface area contributed by atoms with E-state index in [4.69, 9.17) is 20.0 Å². The Kier molecular flexibility index (Phi) is 6.34. The molecule has 2 atom stereocenters. The van der Waals surface area contributed by atoms with Crippen LogP contribution in [0.15, 0.2) is 77.6 Å². The zero-order chi connectivity index (χ0) is 28.0. The van der Waals surface area contributed by atoms with Crippen LogP contribution in [0.2, 0.25) is 0 Å². The lowest BCUT2D eigenvalue weighted by Gasteiger charge is -2.26. The second-order valence-electron chi connectivity index (χ2n) is 10.9. The Morgan fingerprint density at radius 3 is 2.52 bits per heavy atom. The van der Waals surface area contributed by atoms with E-state index in [1.54, 1.807) is 12.1 Å². The number of carbonyl (C=O) groups is 1.